The zero-order valence-corrected chi connectivity index (χ0v) is 16.7. The van der Waals surface area contributed by atoms with Crippen LogP contribution in [0.5, 0.6) is 5.75 Å². The molecule has 2 aromatic heterocycles. The lowest BCUT2D eigenvalue weighted by Crippen LogP contribution is -2.33. The maximum Gasteiger partial charge on any atom is 0.261 e. The summed E-state index contributed by atoms with van der Waals surface area (Å²) in [6.07, 6.45) is 1.62. The van der Waals surface area contributed by atoms with Crippen LogP contribution in [-0.4, -0.2) is 17.4 Å². The van der Waals surface area contributed by atoms with Gasteiger partial charge in [-0.1, -0.05) is 54.6 Å². The summed E-state index contributed by atoms with van der Waals surface area (Å²) in [5.41, 5.74) is 2.03. The molecule has 146 valence electrons. The normalized spacial score (nSPS) is 10.6. The number of para-hydroxylation sites is 1. The predicted molar refractivity (Wildman–Crippen MR) is 115 cm³/mol. The van der Waals surface area contributed by atoms with Crippen LogP contribution in [0, 0.1) is 0 Å². The molecule has 0 bridgehead atoms. The van der Waals surface area contributed by atoms with E-state index in [-0.39, 0.29) is 12.5 Å². The first-order valence-corrected chi connectivity index (χ1v) is 10.3. The largest absolute Gasteiger partial charge is 0.483 e. The van der Waals surface area contributed by atoms with Crippen LogP contribution >= 0.6 is 11.3 Å². The molecule has 29 heavy (non-hydrogen) atoms. The van der Waals surface area contributed by atoms with E-state index in [2.05, 4.69) is 0 Å². The second-order valence-corrected chi connectivity index (χ2v) is 7.59. The van der Waals surface area contributed by atoms with Crippen LogP contribution in [0.1, 0.15) is 10.6 Å². The zero-order chi connectivity index (χ0) is 19.9. The lowest BCUT2D eigenvalue weighted by atomic mass is 10.1. The van der Waals surface area contributed by atoms with Gasteiger partial charge in [-0.25, -0.2) is 0 Å². The van der Waals surface area contributed by atoms with Crippen LogP contribution in [-0.2, 0) is 17.9 Å². The Hall–Kier alpha value is -3.31. The minimum absolute atomic E-state index is 0.0318. The van der Waals surface area contributed by atoms with Crippen molar-refractivity contribution in [2.45, 2.75) is 13.1 Å². The molecule has 0 atom stereocenters. The van der Waals surface area contributed by atoms with Gasteiger partial charge in [-0.05, 0) is 35.2 Å². The van der Waals surface area contributed by atoms with E-state index in [1.807, 2.05) is 84.2 Å². The van der Waals surface area contributed by atoms with Crippen LogP contribution in [0.4, 0.5) is 0 Å². The topological polar surface area (TPSA) is 42.7 Å². The number of nitrogens with zero attached hydrogens (tertiary/aromatic N) is 1. The molecule has 0 unspecified atom stereocenters. The molecule has 0 spiro atoms. The molecular weight excluding hydrogens is 382 g/mol. The zero-order valence-electron chi connectivity index (χ0n) is 15.9. The highest BCUT2D eigenvalue weighted by atomic mass is 32.1. The third-order valence-electron chi connectivity index (χ3n) is 4.53. The van der Waals surface area contributed by atoms with Gasteiger partial charge in [0.2, 0.25) is 0 Å². The molecule has 0 saturated carbocycles. The predicted octanol–water partition coefficient (Wildman–Crippen LogP) is 5.62. The maximum atomic E-state index is 13.0. The smallest absolute Gasteiger partial charge is 0.261 e. The number of benzene rings is 2. The van der Waals surface area contributed by atoms with Gasteiger partial charge < -0.3 is 14.1 Å². The summed E-state index contributed by atoms with van der Waals surface area (Å²) in [5, 5.41) is 2.01. The van der Waals surface area contributed by atoms with Crippen molar-refractivity contribution in [3.05, 3.63) is 101 Å². The molecule has 0 aliphatic heterocycles. The lowest BCUT2D eigenvalue weighted by Gasteiger charge is -2.21. The summed E-state index contributed by atoms with van der Waals surface area (Å²) in [7, 11) is 0. The molecule has 0 aliphatic rings. The fourth-order valence-corrected chi connectivity index (χ4v) is 3.81. The van der Waals surface area contributed by atoms with E-state index in [1.54, 1.807) is 22.5 Å². The average Bonchev–Trinajstić information content (AvgIpc) is 3.47. The first-order chi connectivity index (χ1) is 14.3. The van der Waals surface area contributed by atoms with E-state index in [0.717, 1.165) is 21.8 Å². The molecule has 1 amide bonds. The summed E-state index contributed by atoms with van der Waals surface area (Å²) < 4.78 is 11.4. The first kappa shape index (κ1) is 19.0. The Morgan fingerprint density at radius 2 is 1.72 bits per heavy atom. The summed E-state index contributed by atoms with van der Waals surface area (Å²) in [4.78, 5) is 15.9. The molecular formula is C24H21NO3S. The van der Waals surface area contributed by atoms with E-state index in [0.29, 0.717) is 18.8 Å². The van der Waals surface area contributed by atoms with Crippen LogP contribution in [0.3, 0.4) is 0 Å². The number of rotatable bonds is 8. The van der Waals surface area contributed by atoms with E-state index < -0.39 is 0 Å². The van der Waals surface area contributed by atoms with Crippen molar-refractivity contribution in [3.63, 3.8) is 0 Å². The second-order valence-electron chi connectivity index (χ2n) is 6.56. The molecule has 0 aliphatic carbocycles. The number of furan rings is 1. The minimum Gasteiger partial charge on any atom is -0.483 e. The van der Waals surface area contributed by atoms with E-state index in [4.69, 9.17) is 9.15 Å². The Kier molecular flexibility index (Phi) is 6.07. The van der Waals surface area contributed by atoms with E-state index in [9.17, 15) is 4.79 Å². The number of amides is 1. The Morgan fingerprint density at radius 1 is 0.897 bits per heavy atom. The van der Waals surface area contributed by atoms with Gasteiger partial charge in [-0.2, -0.15) is 0 Å². The molecule has 2 heterocycles. The van der Waals surface area contributed by atoms with Crippen LogP contribution in [0.25, 0.3) is 11.1 Å². The highest BCUT2D eigenvalue weighted by Crippen LogP contribution is 2.29. The van der Waals surface area contributed by atoms with Crippen molar-refractivity contribution in [1.82, 2.24) is 4.90 Å². The van der Waals surface area contributed by atoms with Gasteiger partial charge in [0.1, 0.15) is 11.5 Å². The van der Waals surface area contributed by atoms with Crippen molar-refractivity contribution in [2.75, 3.05) is 6.61 Å². The highest BCUT2D eigenvalue weighted by Gasteiger charge is 2.18. The van der Waals surface area contributed by atoms with Gasteiger partial charge in [0.15, 0.2) is 6.61 Å². The van der Waals surface area contributed by atoms with Crippen LogP contribution in [0.15, 0.2) is 94.9 Å². The van der Waals surface area contributed by atoms with Crippen LogP contribution < -0.4 is 4.74 Å². The Labute approximate surface area is 174 Å². The third kappa shape index (κ3) is 4.95. The number of hydrogen-bond acceptors (Lipinski definition) is 4. The van der Waals surface area contributed by atoms with Gasteiger partial charge in [0.05, 0.1) is 19.4 Å². The monoisotopic (exact) mass is 403 g/mol. The summed E-state index contributed by atoms with van der Waals surface area (Å²) in [6, 6.07) is 25.5. The molecule has 4 nitrogen and oxygen atoms in total. The molecule has 5 heteroatoms. The summed E-state index contributed by atoms with van der Waals surface area (Å²) >= 11 is 1.63. The van der Waals surface area contributed by atoms with Crippen molar-refractivity contribution < 1.29 is 13.9 Å². The van der Waals surface area contributed by atoms with Crippen molar-refractivity contribution in [2.24, 2.45) is 0 Å². The van der Waals surface area contributed by atoms with Crippen molar-refractivity contribution in [3.8, 4) is 16.9 Å². The van der Waals surface area contributed by atoms with Crippen LogP contribution in [0.2, 0.25) is 0 Å². The number of ether oxygens (including phenoxy) is 1. The fraction of sp³-hybridized carbons (Fsp3) is 0.125. The molecule has 0 saturated heterocycles. The summed E-state index contributed by atoms with van der Waals surface area (Å²) in [5.74, 6) is 1.36. The van der Waals surface area contributed by atoms with Gasteiger partial charge in [-0.3, -0.25) is 4.79 Å². The molecule has 0 radical (unpaired) electrons. The number of carbonyl (C=O) groups is 1. The quantitative estimate of drug-likeness (QED) is 0.384. The third-order valence-corrected chi connectivity index (χ3v) is 5.39. The molecule has 0 fully saturated rings. The number of hydrogen-bond donors (Lipinski definition) is 0. The van der Waals surface area contributed by atoms with Crippen molar-refractivity contribution in [1.29, 1.82) is 0 Å². The minimum atomic E-state index is -0.0855. The van der Waals surface area contributed by atoms with Gasteiger partial charge in [0, 0.05) is 10.4 Å². The Morgan fingerprint density at radius 3 is 2.48 bits per heavy atom. The standard InChI is InChI=1S/C24H21NO3S/c26-24(25(16-20-10-6-14-27-20)17-21-11-7-15-29-21)18-28-23-13-5-4-12-22(23)19-8-2-1-3-9-19/h1-15H,16-18H2. The highest BCUT2D eigenvalue weighted by molar-refractivity contribution is 7.09. The second kappa shape index (κ2) is 9.26. The SMILES string of the molecule is O=C(COc1ccccc1-c1ccccc1)N(Cc1ccco1)Cc1cccs1. The molecule has 0 N–H and O–H groups in total. The first-order valence-electron chi connectivity index (χ1n) is 9.39. The van der Waals surface area contributed by atoms with E-state index >= 15 is 0 Å². The van der Waals surface area contributed by atoms with Gasteiger partial charge >= 0.3 is 0 Å². The summed E-state index contributed by atoms with van der Waals surface area (Å²) in [6.45, 7) is 0.907. The average molecular weight is 404 g/mol. The number of carbonyl (C=O) groups excluding carboxylic acids is 1. The van der Waals surface area contributed by atoms with Crippen molar-refractivity contribution >= 4 is 17.2 Å². The Balaban J connectivity index is 1.48. The lowest BCUT2D eigenvalue weighted by molar-refractivity contribution is -0.134. The molecule has 4 rings (SSSR count). The molecule has 4 aromatic rings. The molecule has 2 aromatic carbocycles. The Bertz CT molecular complexity index is 991. The number of thiophene rings is 1. The van der Waals surface area contributed by atoms with E-state index in [1.165, 1.54) is 0 Å². The van der Waals surface area contributed by atoms with Gasteiger partial charge in [-0.15, -0.1) is 11.3 Å². The van der Waals surface area contributed by atoms with Gasteiger partial charge in [0.25, 0.3) is 5.91 Å². The fourth-order valence-electron chi connectivity index (χ4n) is 3.09. The maximum absolute atomic E-state index is 13.0.